The molecule has 0 unspecified atom stereocenters. The molecule has 2 heterocycles. The third-order valence-electron chi connectivity index (χ3n) is 4.15. The summed E-state index contributed by atoms with van der Waals surface area (Å²) in [6.07, 6.45) is 0. The summed E-state index contributed by atoms with van der Waals surface area (Å²) < 4.78 is 15.3. The van der Waals surface area contributed by atoms with Crippen molar-refractivity contribution in [1.82, 2.24) is 9.97 Å². The summed E-state index contributed by atoms with van der Waals surface area (Å²) >= 11 is 1.26. The topological polar surface area (TPSA) is 103 Å². The first-order chi connectivity index (χ1) is 13.4. The molecule has 3 rings (SSSR count). The number of nitrogens with one attached hydrogen (secondary N) is 2. The molecular weight excluding hydrogens is 382 g/mol. The van der Waals surface area contributed by atoms with Crippen molar-refractivity contribution < 1.29 is 23.8 Å². The number of nitrogens with zero attached hydrogens (tertiary/aromatic N) is 1. The second kappa shape index (κ2) is 7.89. The summed E-state index contributed by atoms with van der Waals surface area (Å²) in [6, 6.07) is 5.27. The van der Waals surface area contributed by atoms with Gasteiger partial charge in [-0.2, -0.15) is 0 Å². The van der Waals surface area contributed by atoms with Gasteiger partial charge in [-0.25, -0.2) is 9.78 Å². The molecule has 0 fully saturated rings. The SMILES string of the molecule is COC(=O)c1nc(NC(=O)c2cc3cc(OC)c(OC)cc3[nH]2)sc1C(C)C. The molecular formula is C19H21N3O5S. The lowest BCUT2D eigenvalue weighted by atomic mass is 10.1. The molecule has 9 heteroatoms. The number of carbonyl (C=O) groups is 2. The van der Waals surface area contributed by atoms with Crippen molar-refractivity contribution in [2.24, 2.45) is 0 Å². The number of fused-ring (bicyclic) bond motifs is 1. The number of methoxy groups -OCH3 is 3. The number of ether oxygens (including phenoxy) is 3. The monoisotopic (exact) mass is 403 g/mol. The van der Waals surface area contributed by atoms with Crippen LogP contribution in [0.4, 0.5) is 5.13 Å². The van der Waals surface area contributed by atoms with Crippen LogP contribution < -0.4 is 14.8 Å². The number of amides is 1. The van der Waals surface area contributed by atoms with Gasteiger partial charge in [0.25, 0.3) is 5.91 Å². The van der Waals surface area contributed by atoms with Crippen LogP contribution in [0.15, 0.2) is 18.2 Å². The maximum atomic E-state index is 12.7. The summed E-state index contributed by atoms with van der Waals surface area (Å²) in [5.41, 5.74) is 1.31. The number of esters is 1. The summed E-state index contributed by atoms with van der Waals surface area (Å²) in [5.74, 6) is 0.323. The predicted octanol–water partition coefficient (Wildman–Crippen LogP) is 3.80. The van der Waals surface area contributed by atoms with Gasteiger partial charge in [0.1, 0.15) is 5.69 Å². The van der Waals surface area contributed by atoms with Crippen molar-refractivity contribution in [3.8, 4) is 11.5 Å². The fourth-order valence-electron chi connectivity index (χ4n) is 2.77. The third kappa shape index (κ3) is 3.65. The number of hydrogen-bond donors (Lipinski definition) is 2. The van der Waals surface area contributed by atoms with Gasteiger partial charge in [-0.15, -0.1) is 11.3 Å². The first-order valence-electron chi connectivity index (χ1n) is 8.53. The molecule has 28 heavy (non-hydrogen) atoms. The van der Waals surface area contributed by atoms with Gasteiger partial charge in [-0.1, -0.05) is 13.8 Å². The van der Waals surface area contributed by atoms with E-state index in [1.54, 1.807) is 32.4 Å². The Kier molecular flexibility index (Phi) is 5.55. The predicted molar refractivity (Wildman–Crippen MR) is 107 cm³/mol. The van der Waals surface area contributed by atoms with Crippen molar-refractivity contribution in [2.45, 2.75) is 19.8 Å². The van der Waals surface area contributed by atoms with E-state index in [9.17, 15) is 9.59 Å². The van der Waals surface area contributed by atoms with Gasteiger partial charge >= 0.3 is 5.97 Å². The summed E-state index contributed by atoms with van der Waals surface area (Å²) in [4.78, 5) is 32.6. The molecule has 8 nitrogen and oxygen atoms in total. The summed E-state index contributed by atoms with van der Waals surface area (Å²) in [6.45, 7) is 3.90. The molecule has 0 atom stereocenters. The average molecular weight is 403 g/mol. The molecule has 1 amide bonds. The Morgan fingerprint density at radius 2 is 1.79 bits per heavy atom. The number of aromatic amines is 1. The molecule has 0 spiro atoms. The maximum absolute atomic E-state index is 12.7. The van der Waals surface area contributed by atoms with Gasteiger partial charge in [0.05, 0.1) is 21.3 Å². The number of anilines is 1. The van der Waals surface area contributed by atoms with Crippen molar-refractivity contribution in [1.29, 1.82) is 0 Å². The van der Waals surface area contributed by atoms with Crippen LogP contribution in [0.5, 0.6) is 11.5 Å². The number of rotatable bonds is 6. The fraction of sp³-hybridized carbons (Fsp3) is 0.316. The molecule has 0 aliphatic carbocycles. The molecule has 0 saturated carbocycles. The molecule has 1 aromatic carbocycles. The van der Waals surface area contributed by atoms with Crippen LogP contribution in [0.2, 0.25) is 0 Å². The molecule has 3 aromatic rings. The standard InChI is InChI=1S/C19H21N3O5S/c1-9(2)16-15(18(24)27-5)21-19(28-16)22-17(23)12-6-10-7-13(25-3)14(26-4)8-11(10)20-12/h6-9,20H,1-5H3,(H,21,22,23). The first-order valence-corrected chi connectivity index (χ1v) is 9.34. The Bertz CT molecular complexity index is 997. The normalized spacial score (nSPS) is 10.9. The zero-order valence-corrected chi connectivity index (χ0v) is 17.0. The Hall–Kier alpha value is -3.07. The first kappa shape index (κ1) is 19.7. The van der Waals surface area contributed by atoms with Crippen molar-refractivity contribution in [3.63, 3.8) is 0 Å². The zero-order valence-electron chi connectivity index (χ0n) is 16.2. The number of carbonyl (C=O) groups excluding carboxylic acids is 2. The van der Waals surface area contributed by atoms with Gasteiger partial charge in [-0.05, 0) is 18.1 Å². The number of H-pyrrole nitrogens is 1. The van der Waals surface area contributed by atoms with E-state index in [1.807, 2.05) is 13.8 Å². The van der Waals surface area contributed by atoms with Crippen molar-refractivity contribution in [2.75, 3.05) is 26.6 Å². The molecule has 0 aliphatic heterocycles. The Labute approximate surface area is 165 Å². The highest BCUT2D eigenvalue weighted by Crippen LogP contribution is 2.33. The second-order valence-electron chi connectivity index (χ2n) is 6.31. The maximum Gasteiger partial charge on any atom is 0.357 e. The van der Waals surface area contributed by atoms with E-state index in [-0.39, 0.29) is 17.5 Å². The van der Waals surface area contributed by atoms with E-state index in [0.717, 1.165) is 15.8 Å². The number of thiazole rings is 1. The third-order valence-corrected chi connectivity index (χ3v) is 5.42. The average Bonchev–Trinajstić information content (AvgIpc) is 3.29. The van der Waals surface area contributed by atoms with Crippen LogP contribution in [-0.4, -0.2) is 43.2 Å². The van der Waals surface area contributed by atoms with Gasteiger partial charge in [-0.3, -0.25) is 10.1 Å². The van der Waals surface area contributed by atoms with E-state index >= 15 is 0 Å². The summed E-state index contributed by atoms with van der Waals surface area (Å²) in [7, 11) is 4.41. The molecule has 2 aromatic heterocycles. The molecule has 0 radical (unpaired) electrons. The smallest absolute Gasteiger partial charge is 0.357 e. The second-order valence-corrected chi connectivity index (χ2v) is 7.34. The highest BCUT2D eigenvalue weighted by atomic mass is 32.1. The lowest BCUT2D eigenvalue weighted by Crippen LogP contribution is -2.12. The lowest BCUT2D eigenvalue weighted by molar-refractivity contribution is 0.0593. The highest BCUT2D eigenvalue weighted by Gasteiger charge is 2.22. The van der Waals surface area contributed by atoms with Gasteiger partial charge in [0.2, 0.25) is 0 Å². The summed E-state index contributed by atoms with van der Waals surface area (Å²) in [5, 5.41) is 3.88. The van der Waals surface area contributed by atoms with Gasteiger partial charge in [0, 0.05) is 21.8 Å². The quantitative estimate of drug-likeness (QED) is 0.607. The molecule has 0 aliphatic rings. The number of benzene rings is 1. The Morgan fingerprint density at radius 3 is 2.39 bits per heavy atom. The van der Waals surface area contributed by atoms with Crippen molar-refractivity contribution in [3.05, 3.63) is 34.5 Å². The van der Waals surface area contributed by atoms with E-state index in [2.05, 4.69) is 15.3 Å². The minimum Gasteiger partial charge on any atom is -0.493 e. The van der Waals surface area contributed by atoms with Crippen LogP contribution in [0.25, 0.3) is 10.9 Å². The fourth-order valence-corrected chi connectivity index (χ4v) is 3.72. The highest BCUT2D eigenvalue weighted by molar-refractivity contribution is 7.16. The van der Waals surface area contributed by atoms with E-state index in [4.69, 9.17) is 14.2 Å². The van der Waals surface area contributed by atoms with Crippen LogP contribution in [-0.2, 0) is 4.74 Å². The Balaban J connectivity index is 1.90. The molecule has 2 N–H and O–H groups in total. The zero-order chi connectivity index (χ0) is 20.4. The number of hydrogen-bond acceptors (Lipinski definition) is 7. The van der Waals surface area contributed by atoms with E-state index < -0.39 is 5.97 Å². The number of aromatic nitrogens is 2. The molecule has 0 bridgehead atoms. The minimum absolute atomic E-state index is 0.0743. The largest absolute Gasteiger partial charge is 0.493 e. The van der Waals surface area contributed by atoms with Crippen LogP contribution in [0, 0.1) is 0 Å². The minimum atomic E-state index is -0.523. The molecule has 0 saturated heterocycles. The van der Waals surface area contributed by atoms with Crippen LogP contribution >= 0.6 is 11.3 Å². The van der Waals surface area contributed by atoms with Gasteiger partial charge in [0.15, 0.2) is 22.3 Å². The lowest BCUT2D eigenvalue weighted by Gasteiger charge is -2.06. The van der Waals surface area contributed by atoms with Gasteiger partial charge < -0.3 is 19.2 Å². The van der Waals surface area contributed by atoms with E-state index in [0.29, 0.717) is 22.3 Å². The van der Waals surface area contributed by atoms with E-state index in [1.165, 1.54) is 18.4 Å². The van der Waals surface area contributed by atoms with Crippen molar-refractivity contribution >= 4 is 39.2 Å². The molecule has 148 valence electrons. The van der Waals surface area contributed by atoms with Crippen LogP contribution in [0.1, 0.15) is 45.6 Å². The van der Waals surface area contributed by atoms with Crippen LogP contribution in [0.3, 0.4) is 0 Å². The Morgan fingerprint density at radius 1 is 1.11 bits per heavy atom.